The van der Waals surface area contributed by atoms with E-state index >= 15 is 0 Å². The third-order valence-corrected chi connectivity index (χ3v) is 4.93. The highest BCUT2D eigenvalue weighted by molar-refractivity contribution is 5.78. The molecule has 3 rings (SSSR count). The highest BCUT2D eigenvalue weighted by atomic mass is 16.5. The first-order chi connectivity index (χ1) is 12.7. The van der Waals surface area contributed by atoms with Crippen LogP contribution in [0.2, 0.25) is 0 Å². The Labute approximate surface area is 155 Å². The van der Waals surface area contributed by atoms with Gasteiger partial charge in [0, 0.05) is 6.07 Å². The van der Waals surface area contributed by atoms with Gasteiger partial charge in [-0.15, -0.1) is 0 Å². The average Bonchev–Trinajstić information content (AvgIpc) is 2.70. The summed E-state index contributed by atoms with van der Waals surface area (Å²) in [5, 5.41) is 3.09. The molecular formula is C22H27NO3. The third kappa shape index (κ3) is 4.57. The SMILES string of the molecule is CC[C@@H](NC(=O)COc1cccc(OC)c1)c1ccc2c(c1)CCCC2. The van der Waals surface area contributed by atoms with E-state index in [0.717, 1.165) is 12.8 Å². The molecule has 1 N–H and O–H groups in total. The number of hydrogen-bond donors (Lipinski definition) is 1. The molecule has 0 saturated heterocycles. The molecular weight excluding hydrogens is 326 g/mol. The van der Waals surface area contributed by atoms with Crippen LogP contribution >= 0.6 is 0 Å². The number of carbonyl (C=O) groups excluding carboxylic acids is 1. The Bertz CT molecular complexity index is 757. The van der Waals surface area contributed by atoms with Crippen LogP contribution in [0.15, 0.2) is 42.5 Å². The lowest BCUT2D eigenvalue weighted by molar-refractivity contribution is -0.123. The minimum atomic E-state index is -0.114. The molecule has 138 valence electrons. The summed E-state index contributed by atoms with van der Waals surface area (Å²) in [6.07, 6.45) is 5.71. The monoisotopic (exact) mass is 353 g/mol. The van der Waals surface area contributed by atoms with Gasteiger partial charge in [0.2, 0.25) is 0 Å². The Hall–Kier alpha value is -2.49. The molecule has 0 radical (unpaired) electrons. The number of hydrogen-bond acceptors (Lipinski definition) is 3. The summed E-state index contributed by atoms with van der Waals surface area (Å²) in [6, 6.07) is 13.9. The van der Waals surface area contributed by atoms with Crippen LogP contribution in [0.3, 0.4) is 0 Å². The van der Waals surface area contributed by atoms with Gasteiger partial charge in [0.15, 0.2) is 6.61 Å². The molecule has 0 heterocycles. The Kier molecular flexibility index (Phi) is 6.16. The maximum absolute atomic E-state index is 12.3. The number of amides is 1. The second kappa shape index (κ2) is 8.75. The van der Waals surface area contributed by atoms with Gasteiger partial charge in [-0.25, -0.2) is 0 Å². The Balaban J connectivity index is 1.59. The van der Waals surface area contributed by atoms with Gasteiger partial charge in [-0.2, -0.15) is 0 Å². The fraction of sp³-hybridized carbons (Fsp3) is 0.409. The summed E-state index contributed by atoms with van der Waals surface area (Å²) in [5.74, 6) is 1.22. The first-order valence-corrected chi connectivity index (χ1v) is 9.37. The van der Waals surface area contributed by atoms with Gasteiger partial charge in [-0.3, -0.25) is 4.79 Å². The van der Waals surface area contributed by atoms with Crippen molar-refractivity contribution in [2.45, 2.75) is 45.1 Å². The van der Waals surface area contributed by atoms with E-state index in [1.807, 2.05) is 18.2 Å². The molecule has 1 aliphatic rings. The first kappa shape index (κ1) is 18.3. The zero-order chi connectivity index (χ0) is 18.4. The minimum absolute atomic E-state index is 0.00535. The van der Waals surface area contributed by atoms with E-state index in [2.05, 4.69) is 30.4 Å². The number of rotatable bonds is 7. The third-order valence-electron chi connectivity index (χ3n) is 4.93. The van der Waals surface area contributed by atoms with Crippen LogP contribution in [-0.4, -0.2) is 19.6 Å². The van der Waals surface area contributed by atoms with Gasteiger partial charge in [0.1, 0.15) is 11.5 Å². The lowest BCUT2D eigenvalue weighted by Crippen LogP contribution is -2.32. The number of benzene rings is 2. The molecule has 0 fully saturated rings. The molecule has 0 saturated carbocycles. The zero-order valence-corrected chi connectivity index (χ0v) is 15.6. The quantitative estimate of drug-likeness (QED) is 0.811. The summed E-state index contributed by atoms with van der Waals surface area (Å²) in [4.78, 5) is 12.3. The molecule has 0 spiro atoms. The van der Waals surface area contributed by atoms with Crippen molar-refractivity contribution in [3.05, 3.63) is 59.2 Å². The Morgan fingerprint density at radius 2 is 1.85 bits per heavy atom. The van der Waals surface area contributed by atoms with Crippen molar-refractivity contribution in [3.8, 4) is 11.5 Å². The number of aryl methyl sites for hydroxylation is 2. The molecule has 2 aromatic carbocycles. The summed E-state index contributed by atoms with van der Waals surface area (Å²) in [5.41, 5.74) is 4.08. The highest BCUT2D eigenvalue weighted by Crippen LogP contribution is 2.26. The normalized spacial score (nSPS) is 14.2. The Morgan fingerprint density at radius 1 is 1.08 bits per heavy atom. The molecule has 1 aliphatic carbocycles. The summed E-state index contributed by atoms with van der Waals surface area (Å²) < 4.78 is 10.8. The van der Waals surface area contributed by atoms with Crippen LogP contribution in [0.4, 0.5) is 0 Å². The number of methoxy groups -OCH3 is 1. The van der Waals surface area contributed by atoms with E-state index < -0.39 is 0 Å². The van der Waals surface area contributed by atoms with E-state index in [-0.39, 0.29) is 18.6 Å². The maximum atomic E-state index is 12.3. The molecule has 4 nitrogen and oxygen atoms in total. The van der Waals surface area contributed by atoms with Crippen molar-refractivity contribution in [1.29, 1.82) is 0 Å². The lowest BCUT2D eigenvalue weighted by atomic mass is 9.89. The maximum Gasteiger partial charge on any atom is 0.258 e. The zero-order valence-electron chi connectivity index (χ0n) is 15.6. The van der Waals surface area contributed by atoms with Crippen LogP contribution in [0.5, 0.6) is 11.5 Å². The van der Waals surface area contributed by atoms with Gasteiger partial charge in [0.25, 0.3) is 5.91 Å². The molecule has 1 amide bonds. The molecule has 0 aliphatic heterocycles. The predicted octanol–water partition coefficient (Wildman–Crippen LogP) is 4.22. The summed E-state index contributed by atoms with van der Waals surface area (Å²) in [6.45, 7) is 2.09. The predicted molar refractivity (Wildman–Crippen MR) is 103 cm³/mol. The number of nitrogens with one attached hydrogen (secondary N) is 1. The van der Waals surface area contributed by atoms with Crippen molar-refractivity contribution in [2.24, 2.45) is 0 Å². The van der Waals surface area contributed by atoms with E-state index in [4.69, 9.17) is 9.47 Å². The van der Waals surface area contributed by atoms with E-state index in [1.54, 1.807) is 13.2 Å². The van der Waals surface area contributed by atoms with Crippen LogP contribution < -0.4 is 14.8 Å². The minimum Gasteiger partial charge on any atom is -0.497 e. The topological polar surface area (TPSA) is 47.6 Å². The number of ether oxygens (including phenoxy) is 2. The van der Waals surface area contributed by atoms with Gasteiger partial charge in [-0.05, 0) is 60.9 Å². The standard InChI is InChI=1S/C22H27NO3/c1-3-21(18-12-11-16-7-4-5-8-17(16)13-18)23-22(24)15-26-20-10-6-9-19(14-20)25-2/h6,9-14,21H,3-5,7-8,15H2,1-2H3,(H,23,24)/t21-/m1/s1. The van der Waals surface area contributed by atoms with E-state index in [1.165, 1.54) is 36.0 Å². The highest BCUT2D eigenvalue weighted by Gasteiger charge is 2.16. The molecule has 0 unspecified atom stereocenters. The van der Waals surface area contributed by atoms with Crippen molar-refractivity contribution < 1.29 is 14.3 Å². The van der Waals surface area contributed by atoms with Gasteiger partial charge < -0.3 is 14.8 Å². The number of carbonyl (C=O) groups is 1. The van der Waals surface area contributed by atoms with Gasteiger partial charge in [-0.1, -0.05) is 31.2 Å². The molecule has 0 bridgehead atoms. The molecule has 1 atom stereocenters. The second-order valence-corrected chi connectivity index (χ2v) is 6.73. The Morgan fingerprint density at radius 3 is 2.62 bits per heavy atom. The molecule has 0 aromatic heterocycles. The smallest absolute Gasteiger partial charge is 0.258 e. The van der Waals surface area contributed by atoms with Crippen LogP contribution in [-0.2, 0) is 17.6 Å². The van der Waals surface area contributed by atoms with Crippen molar-refractivity contribution in [2.75, 3.05) is 13.7 Å². The largest absolute Gasteiger partial charge is 0.497 e. The van der Waals surface area contributed by atoms with Crippen molar-refractivity contribution in [3.63, 3.8) is 0 Å². The van der Waals surface area contributed by atoms with Crippen molar-refractivity contribution >= 4 is 5.91 Å². The first-order valence-electron chi connectivity index (χ1n) is 9.37. The summed E-state index contributed by atoms with van der Waals surface area (Å²) >= 11 is 0. The van der Waals surface area contributed by atoms with Crippen molar-refractivity contribution in [1.82, 2.24) is 5.32 Å². The fourth-order valence-electron chi connectivity index (χ4n) is 3.47. The fourth-order valence-corrected chi connectivity index (χ4v) is 3.47. The van der Waals surface area contributed by atoms with Gasteiger partial charge >= 0.3 is 0 Å². The van der Waals surface area contributed by atoms with E-state index in [9.17, 15) is 4.79 Å². The van der Waals surface area contributed by atoms with Gasteiger partial charge in [0.05, 0.1) is 13.2 Å². The van der Waals surface area contributed by atoms with E-state index in [0.29, 0.717) is 11.5 Å². The molecule has 26 heavy (non-hydrogen) atoms. The second-order valence-electron chi connectivity index (χ2n) is 6.73. The molecule has 2 aromatic rings. The van der Waals surface area contributed by atoms with Crippen LogP contribution in [0, 0.1) is 0 Å². The van der Waals surface area contributed by atoms with Crippen LogP contribution in [0.1, 0.15) is 48.9 Å². The summed E-state index contributed by atoms with van der Waals surface area (Å²) in [7, 11) is 1.61. The number of fused-ring (bicyclic) bond motifs is 1. The lowest BCUT2D eigenvalue weighted by Gasteiger charge is -2.22. The average molecular weight is 353 g/mol. The van der Waals surface area contributed by atoms with Crippen LogP contribution in [0.25, 0.3) is 0 Å². The molecule has 4 heteroatoms.